The second-order valence-electron chi connectivity index (χ2n) is 4.02. The van der Waals surface area contributed by atoms with E-state index in [0.717, 1.165) is 10.5 Å². The summed E-state index contributed by atoms with van der Waals surface area (Å²) in [5.74, 6) is 0.542. The first-order chi connectivity index (χ1) is 8.66. The Hall–Kier alpha value is -1.03. The Bertz CT molecular complexity index is 533. The molecule has 2 nitrogen and oxygen atoms in total. The monoisotopic (exact) mass is 279 g/mol. The highest BCUT2D eigenvalue weighted by molar-refractivity contribution is 7.99. The van der Waals surface area contributed by atoms with Gasteiger partial charge in [0, 0.05) is 16.8 Å². The third-order valence-electron chi connectivity index (χ3n) is 2.51. The summed E-state index contributed by atoms with van der Waals surface area (Å²) in [5, 5.41) is 10.8. The van der Waals surface area contributed by atoms with Crippen molar-refractivity contribution in [3.8, 4) is 0 Å². The summed E-state index contributed by atoms with van der Waals surface area (Å²) < 4.78 is 0. The van der Waals surface area contributed by atoms with Gasteiger partial charge < -0.3 is 5.11 Å². The van der Waals surface area contributed by atoms with Gasteiger partial charge in [-0.3, -0.25) is 4.98 Å². The molecule has 0 amide bonds. The Morgan fingerprint density at radius 3 is 2.83 bits per heavy atom. The van der Waals surface area contributed by atoms with E-state index in [0.29, 0.717) is 16.5 Å². The summed E-state index contributed by atoms with van der Waals surface area (Å²) in [6.45, 7) is 1.99. The second-order valence-corrected chi connectivity index (χ2v) is 5.48. The Kier molecular flexibility index (Phi) is 4.64. The molecule has 0 aliphatic rings. The number of nitrogens with zero attached hydrogens (tertiary/aromatic N) is 1. The molecule has 4 heteroatoms. The van der Waals surface area contributed by atoms with Crippen molar-refractivity contribution in [2.24, 2.45) is 0 Å². The first-order valence-corrected chi connectivity index (χ1v) is 7.01. The van der Waals surface area contributed by atoms with Crippen LogP contribution in [-0.2, 0) is 0 Å². The van der Waals surface area contributed by atoms with Gasteiger partial charge in [-0.2, -0.15) is 0 Å². The van der Waals surface area contributed by atoms with E-state index in [1.807, 2.05) is 43.3 Å². The maximum Gasteiger partial charge on any atom is 0.105 e. The van der Waals surface area contributed by atoms with Gasteiger partial charge >= 0.3 is 0 Å². The van der Waals surface area contributed by atoms with Crippen LogP contribution in [-0.4, -0.2) is 15.8 Å². The van der Waals surface area contributed by atoms with Crippen LogP contribution in [0.2, 0.25) is 5.02 Å². The zero-order valence-electron chi connectivity index (χ0n) is 10.0. The van der Waals surface area contributed by atoms with Crippen LogP contribution in [0, 0.1) is 6.92 Å². The molecule has 2 rings (SSSR count). The van der Waals surface area contributed by atoms with E-state index in [-0.39, 0.29) is 0 Å². The van der Waals surface area contributed by atoms with Crippen molar-refractivity contribution in [3.05, 3.63) is 58.9 Å². The number of aliphatic hydroxyl groups is 1. The van der Waals surface area contributed by atoms with Crippen LogP contribution in [0.15, 0.2) is 47.5 Å². The summed E-state index contributed by atoms with van der Waals surface area (Å²) in [6, 6.07) is 11.4. The standard InChI is InChI=1S/C14H14ClNOS/c1-10-6-7-16-12(8-10)13(17)9-18-14-5-3-2-4-11(14)15/h2-8,13,17H,9H2,1H3. The third-order valence-corrected chi connectivity index (χ3v) is 4.10. The molecule has 18 heavy (non-hydrogen) atoms. The van der Waals surface area contributed by atoms with Gasteiger partial charge in [-0.15, -0.1) is 11.8 Å². The highest BCUT2D eigenvalue weighted by Gasteiger charge is 2.10. The second kappa shape index (κ2) is 6.23. The van der Waals surface area contributed by atoms with Crippen LogP contribution in [0.25, 0.3) is 0 Å². The summed E-state index contributed by atoms with van der Waals surface area (Å²) in [5.41, 5.74) is 1.80. The lowest BCUT2D eigenvalue weighted by molar-refractivity contribution is 0.199. The first-order valence-electron chi connectivity index (χ1n) is 5.65. The van der Waals surface area contributed by atoms with Crippen LogP contribution in [0.4, 0.5) is 0 Å². The lowest BCUT2D eigenvalue weighted by Gasteiger charge is -2.10. The molecule has 1 N–H and O–H groups in total. The minimum atomic E-state index is -0.578. The number of rotatable bonds is 4. The smallest absolute Gasteiger partial charge is 0.105 e. The molecule has 1 aromatic carbocycles. The number of hydrogen-bond acceptors (Lipinski definition) is 3. The third kappa shape index (κ3) is 3.48. The first kappa shape index (κ1) is 13.4. The van der Waals surface area contributed by atoms with Gasteiger partial charge in [0.25, 0.3) is 0 Å². The average molecular weight is 280 g/mol. The van der Waals surface area contributed by atoms with E-state index in [2.05, 4.69) is 4.98 Å². The highest BCUT2D eigenvalue weighted by atomic mass is 35.5. The molecule has 1 unspecified atom stereocenters. The molecule has 0 fully saturated rings. The predicted octanol–water partition coefficient (Wildman–Crippen LogP) is 3.87. The molecule has 0 saturated heterocycles. The number of thioether (sulfide) groups is 1. The number of aromatic nitrogens is 1. The van der Waals surface area contributed by atoms with E-state index in [4.69, 9.17) is 11.6 Å². The number of benzene rings is 1. The van der Waals surface area contributed by atoms with Gasteiger partial charge in [-0.05, 0) is 36.8 Å². The largest absolute Gasteiger partial charge is 0.386 e. The minimum Gasteiger partial charge on any atom is -0.386 e. The van der Waals surface area contributed by atoms with Crippen LogP contribution >= 0.6 is 23.4 Å². The fourth-order valence-corrected chi connectivity index (χ4v) is 2.75. The van der Waals surface area contributed by atoms with Crippen molar-refractivity contribution in [2.75, 3.05) is 5.75 Å². The quantitative estimate of drug-likeness (QED) is 0.863. The van der Waals surface area contributed by atoms with Crippen LogP contribution in [0.1, 0.15) is 17.4 Å². The zero-order chi connectivity index (χ0) is 13.0. The molecular weight excluding hydrogens is 266 g/mol. The van der Waals surface area contributed by atoms with E-state index < -0.39 is 6.10 Å². The number of pyridine rings is 1. The van der Waals surface area contributed by atoms with E-state index in [1.54, 1.807) is 6.20 Å². The number of hydrogen-bond donors (Lipinski definition) is 1. The lowest BCUT2D eigenvalue weighted by Crippen LogP contribution is -2.03. The maximum absolute atomic E-state index is 10.1. The Labute approximate surface area is 116 Å². The van der Waals surface area contributed by atoms with E-state index in [9.17, 15) is 5.11 Å². The molecule has 0 bridgehead atoms. The number of aryl methyl sites for hydroxylation is 1. The molecule has 0 radical (unpaired) electrons. The van der Waals surface area contributed by atoms with Crippen LogP contribution in [0.5, 0.6) is 0 Å². The molecule has 94 valence electrons. The minimum absolute atomic E-state index is 0.542. The molecular formula is C14H14ClNOS. The van der Waals surface area contributed by atoms with Gasteiger partial charge in [-0.25, -0.2) is 0 Å². The lowest BCUT2D eigenvalue weighted by atomic mass is 10.2. The number of halogens is 1. The topological polar surface area (TPSA) is 33.1 Å². The van der Waals surface area contributed by atoms with Crippen molar-refractivity contribution in [1.82, 2.24) is 4.98 Å². The number of aliphatic hydroxyl groups excluding tert-OH is 1. The fraction of sp³-hybridized carbons (Fsp3) is 0.214. The van der Waals surface area contributed by atoms with Crippen molar-refractivity contribution in [1.29, 1.82) is 0 Å². The van der Waals surface area contributed by atoms with Crippen molar-refractivity contribution < 1.29 is 5.11 Å². The average Bonchev–Trinajstić information content (AvgIpc) is 2.37. The van der Waals surface area contributed by atoms with Gasteiger partial charge in [0.1, 0.15) is 6.10 Å². The van der Waals surface area contributed by atoms with Crippen molar-refractivity contribution in [3.63, 3.8) is 0 Å². The molecule has 0 aliphatic carbocycles. The molecule has 0 spiro atoms. The predicted molar refractivity (Wildman–Crippen MR) is 76.1 cm³/mol. The molecule has 1 aromatic heterocycles. The normalized spacial score (nSPS) is 12.4. The molecule has 0 aliphatic heterocycles. The Morgan fingerprint density at radius 2 is 2.11 bits per heavy atom. The molecule has 1 atom stereocenters. The fourth-order valence-electron chi connectivity index (χ4n) is 1.56. The van der Waals surface area contributed by atoms with Crippen molar-refractivity contribution >= 4 is 23.4 Å². The van der Waals surface area contributed by atoms with Gasteiger partial charge in [-0.1, -0.05) is 23.7 Å². The van der Waals surface area contributed by atoms with Gasteiger partial charge in [0.15, 0.2) is 0 Å². The summed E-state index contributed by atoms with van der Waals surface area (Å²) in [4.78, 5) is 5.16. The summed E-state index contributed by atoms with van der Waals surface area (Å²) in [6.07, 6.45) is 1.14. The van der Waals surface area contributed by atoms with Crippen LogP contribution < -0.4 is 0 Å². The maximum atomic E-state index is 10.1. The van der Waals surface area contributed by atoms with Crippen LogP contribution in [0.3, 0.4) is 0 Å². The van der Waals surface area contributed by atoms with Crippen molar-refractivity contribution in [2.45, 2.75) is 17.9 Å². The Balaban J connectivity index is 2.00. The molecule has 0 saturated carbocycles. The zero-order valence-corrected chi connectivity index (χ0v) is 11.6. The molecule has 1 heterocycles. The van der Waals surface area contributed by atoms with Gasteiger partial charge in [0.2, 0.25) is 0 Å². The van der Waals surface area contributed by atoms with Gasteiger partial charge in [0.05, 0.1) is 10.7 Å². The van der Waals surface area contributed by atoms with E-state index in [1.165, 1.54) is 11.8 Å². The highest BCUT2D eigenvalue weighted by Crippen LogP contribution is 2.29. The summed E-state index contributed by atoms with van der Waals surface area (Å²) in [7, 11) is 0. The Morgan fingerprint density at radius 1 is 1.33 bits per heavy atom. The SMILES string of the molecule is Cc1ccnc(C(O)CSc2ccccc2Cl)c1. The van der Waals surface area contributed by atoms with E-state index >= 15 is 0 Å². The summed E-state index contributed by atoms with van der Waals surface area (Å²) >= 11 is 7.59. The molecule has 2 aromatic rings.